The molecule has 0 spiro atoms. The summed E-state index contributed by atoms with van der Waals surface area (Å²) in [6, 6.07) is 10.3. The molecule has 0 bridgehead atoms. The molecule has 0 aliphatic carbocycles. The fraction of sp³-hybridized carbons (Fsp3) is 0.222. The Hall–Kier alpha value is -3.22. The molecule has 0 unspecified atom stereocenters. The highest BCUT2D eigenvalue weighted by atomic mass is 16.5. The summed E-state index contributed by atoms with van der Waals surface area (Å²) in [5.74, 6) is -0.0614. The van der Waals surface area contributed by atoms with Gasteiger partial charge in [-0.2, -0.15) is 0 Å². The summed E-state index contributed by atoms with van der Waals surface area (Å²) in [5, 5.41) is 2.79. The average Bonchev–Trinajstić information content (AvgIpc) is 3.18. The number of nitrogens with zero attached hydrogens (tertiary/aromatic N) is 1. The number of nitrogens with one attached hydrogen (secondary N) is 1. The van der Waals surface area contributed by atoms with Gasteiger partial charge in [0, 0.05) is 17.8 Å². The maximum Gasteiger partial charge on any atom is 0.355 e. The summed E-state index contributed by atoms with van der Waals surface area (Å²) < 4.78 is 17.0. The Labute approximate surface area is 144 Å². The van der Waals surface area contributed by atoms with Gasteiger partial charge < -0.3 is 23.8 Å². The van der Waals surface area contributed by atoms with Crippen molar-refractivity contribution in [2.45, 2.75) is 13.5 Å². The van der Waals surface area contributed by atoms with Crippen LogP contribution < -0.4 is 10.1 Å². The number of ether oxygens (including phenoxy) is 2. The summed E-state index contributed by atoms with van der Waals surface area (Å²) in [6.07, 6.45) is 1.51. The van der Waals surface area contributed by atoms with Crippen molar-refractivity contribution in [1.29, 1.82) is 0 Å². The Bertz CT molecular complexity index is 892. The third-order valence-corrected chi connectivity index (χ3v) is 3.68. The van der Waals surface area contributed by atoms with Gasteiger partial charge in [0.05, 0.1) is 25.5 Å². The minimum atomic E-state index is -0.494. The predicted molar refractivity (Wildman–Crippen MR) is 91.8 cm³/mol. The van der Waals surface area contributed by atoms with Crippen molar-refractivity contribution < 1.29 is 23.5 Å². The van der Waals surface area contributed by atoms with Crippen molar-refractivity contribution in [2.75, 3.05) is 19.0 Å². The van der Waals surface area contributed by atoms with Crippen LogP contribution in [0, 0.1) is 0 Å². The van der Waals surface area contributed by atoms with E-state index in [1.807, 2.05) is 0 Å². The van der Waals surface area contributed by atoms with E-state index in [-0.39, 0.29) is 24.8 Å². The molecule has 0 aliphatic rings. The summed E-state index contributed by atoms with van der Waals surface area (Å²) in [4.78, 5) is 24.5. The first-order chi connectivity index (χ1) is 12.1. The lowest BCUT2D eigenvalue weighted by Crippen LogP contribution is -2.22. The first-order valence-corrected chi connectivity index (χ1v) is 7.80. The maximum absolute atomic E-state index is 12.4. The zero-order chi connectivity index (χ0) is 17.8. The molecular weight excluding hydrogens is 324 g/mol. The highest BCUT2D eigenvalue weighted by Crippen LogP contribution is 2.22. The van der Waals surface area contributed by atoms with Crippen LogP contribution in [0.3, 0.4) is 0 Å². The van der Waals surface area contributed by atoms with Crippen molar-refractivity contribution in [1.82, 2.24) is 4.57 Å². The summed E-state index contributed by atoms with van der Waals surface area (Å²) in [6.45, 7) is 1.94. The van der Waals surface area contributed by atoms with Crippen molar-refractivity contribution in [2.24, 2.45) is 0 Å². The molecule has 1 aromatic carbocycles. The van der Waals surface area contributed by atoms with E-state index in [0.29, 0.717) is 22.5 Å². The highest BCUT2D eigenvalue weighted by Gasteiger charge is 2.20. The number of methoxy groups -OCH3 is 1. The van der Waals surface area contributed by atoms with E-state index in [1.165, 1.54) is 6.26 Å². The highest BCUT2D eigenvalue weighted by molar-refractivity contribution is 5.97. The number of esters is 1. The second-order valence-corrected chi connectivity index (χ2v) is 5.28. The molecule has 0 aliphatic heterocycles. The lowest BCUT2D eigenvalue weighted by atomic mass is 10.3. The maximum atomic E-state index is 12.4. The van der Waals surface area contributed by atoms with Gasteiger partial charge in [0.1, 0.15) is 18.0 Å². The van der Waals surface area contributed by atoms with Crippen LogP contribution in [0.4, 0.5) is 5.69 Å². The van der Waals surface area contributed by atoms with E-state index in [4.69, 9.17) is 13.9 Å². The Morgan fingerprint density at radius 3 is 2.64 bits per heavy atom. The van der Waals surface area contributed by atoms with Crippen LogP contribution in [0.2, 0.25) is 0 Å². The lowest BCUT2D eigenvalue weighted by molar-refractivity contribution is -0.116. The monoisotopic (exact) mass is 342 g/mol. The molecule has 1 amide bonds. The van der Waals surface area contributed by atoms with Gasteiger partial charge >= 0.3 is 5.97 Å². The molecule has 7 nitrogen and oxygen atoms in total. The molecule has 3 aromatic rings. The Kier molecular flexibility index (Phi) is 4.74. The molecule has 130 valence electrons. The number of amides is 1. The molecular formula is C18H18N2O5. The standard InChI is InChI=1S/C18H18N2O5/c1-3-24-18(22)15-10-16-14(8-9-25-16)20(15)11-17(21)19-12-4-6-13(23-2)7-5-12/h4-10H,3,11H2,1-2H3,(H,19,21). The average molecular weight is 342 g/mol. The molecule has 3 rings (SSSR count). The van der Waals surface area contributed by atoms with E-state index in [2.05, 4.69) is 5.32 Å². The zero-order valence-corrected chi connectivity index (χ0v) is 13.9. The number of carbonyl (C=O) groups excluding carboxylic acids is 2. The van der Waals surface area contributed by atoms with E-state index in [1.54, 1.807) is 55.0 Å². The Morgan fingerprint density at radius 1 is 1.20 bits per heavy atom. The van der Waals surface area contributed by atoms with Crippen LogP contribution in [0.1, 0.15) is 17.4 Å². The van der Waals surface area contributed by atoms with Gasteiger partial charge in [-0.1, -0.05) is 0 Å². The molecule has 7 heteroatoms. The van der Waals surface area contributed by atoms with Crippen LogP contribution >= 0.6 is 0 Å². The number of hydrogen-bond donors (Lipinski definition) is 1. The number of anilines is 1. The molecule has 0 atom stereocenters. The van der Waals surface area contributed by atoms with Crippen LogP contribution in [0.15, 0.2) is 47.1 Å². The summed E-state index contributed by atoms with van der Waals surface area (Å²) in [5.41, 5.74) is 2.10. The largest absolute Gasteiger partial charge is 0.497 e. The number of rotatable bonds is 6. The summed E-state index contributed by atoms with van der Waals surface area (Å²) >= 11 is 0. The van der Waals surface area contributed by atoms with E-state index >= 15 is 0 Å². The minimum absolute atomic E-state index is 0.0385. The number of furan rings is 1. The molecule has 0 saturated carbocycles. The number of fused-ring (bicyclic) bond motifs is 1. The van der Waals surface area contributed by atoms with E-state index in [9.17, 15) is 9.59 Å². The number of carbonyl (C=O) groups is 2. The van der Waals surface area contributed by atoms with Crippen LogP contribution in [0.5, 0.6) is 5.75 Å². The van der Waals surface area contributed by atoms with E-state index in [0.717, 1.165) is 0 Å². The third kappa shape index (κ3) is 3.50. The molecule has 1 N–H and O–H groups in total. The third-order valence-electron chi connectivity index (χ3n) is 3.68. The van der Waals surface area contributed by atoms with Crippen LogP contribution in [-0.2, 0) is 16.1 Å². The quantitative estimate of drug-likeness (QED) is 0.696. The minimum Gasteiger partial charge on any atom is -0.497 e. The van der Waals surface area contributed by atoms with Crippen molar-refractivity contribution >= 4 is 28.7 Å². The zero-order valence-electron chi connectivity index (χ0n) is 13.9. The number of benzene rings is 1. The molecule has 0 saturated heterocycles. The smallest absolute Gasteiger partial charge is 0.355 e. The van der Waals surface area contributed by atoms with Gasteiger partial charge in [-0.25, -0.2) is 4.79 Å². The second-order valence-electron chi connectivity index (χ2n) is 5.28. The van der Waals surface area contributed by atoms with Gasteiger partial charge in [0.25, 0.3) is 0 Å². The number of aromatic nitrogens is 1. The van der Waals surface area contributed by atoms with Crippen molar-refractivity contribution in [3.8, 4) is 5.75 Å². The molecule has 25 heavy (non-hydrogen) atoms. The van der Waals surface area contributed by atoms with Gasteiger partial charge in [-0.05, 0) is 31.2 Å². The van der Waals surface area contributed by atoms with Gasteiger partial charge in [-0.15, -0.1) is 0 Å². The SMILES string of the molecule is CCOC(=O)c1cc2occc2n1CC(=O)Nc1ccc(OC)cc1. The van der Waals surface area contributed by atoms with Crippen molar-refractivity contribution in [3.63, 3.8) is 0 Å². The van der Waals surface area contributed by atoms with Gasteiger partial charge in [0.15, 0.2) is 5.58 Å². The van der Waals surface area contributed by atoms with E-state index < -0.39 is 5.97 Å². The first-order valence-electron chi connectivity index (χ1n) is 7.80. The van der Waals surface area contributed by atoms with Crippen LogP contribution in [0.25, 0.3) is 11.1 Å². The number of hydrogen-bond acceptors (Lipinski definition) is 5. The first kappa shape index (κ1) is 16.6. The molecule has 0 fully saturated rings. The molecule has 0 radical (unpaired) electrons. The normalized spacial score (nSPS) is 10.6. The summed E-state index contributed by atoms with van der Waals surface area (Å²) in [7, 11) is 1.58. The molecule has 2 aromatic heterocycles. The van der Waals surface area contributed by atoms with Gasteiger partial charge in [-0.3, -0.25) is 4.79 Å². The Morgan fingerprint density at radius 2 is 1.96 bits per heavy atom. The fourth-order valence-electron chi connectivity index (χ4n) is 2.54. The Balaban J connectivity index is 1.80. The lowest BCUT2D eigenvalue weighted by Gasteiger charge is -2.10. The fourth-order valence-corrected chi connectivity index (χ4v) is 2.54. The second kappa shape index (κ2) is 7.12. The topological polar surface area (TPSA) is 82.7 Å². The van der Waals surface area contributed by atoms with Crippen LogP contribution in [-0.4, -0.2) is 30.2 Å². The van der Waals surface area contributed by atoms with Crippen molar-refractivity contribution in [3.05, 3.63) is 48.4 Å². The predicted octanol–water partition coefficient (Wildman–Crippen LogP) is 3.06. The van der Waals surface area contributed by atoms with Gasteiger partial charge in [0.2, 0.25) is 5.91 Å². The molecule has 2 heterocycles.